The SMILES string of the molecule is Cc1csc(N/N=C\c2cccc(Cl)c2)n1. The first-order valence-electron chi connectivity index (χ1n) is 4.71. The van der Waals surface area contributed by atoms with Crippen LogP contribution in [0.15, 0.2) is 34.7 Å². The normalized spacial score (nSPS) is 10.9. The maximum Gasteiger partial charge on any atom is 0.203 e. The molecule has 5 heteroatoms. The van der Waals surface area contributed by atoms with Gasteiger partial charge in [-0.25, -0.2) is 4.98 Å². The first kappa shape index (κ1) is 11.1. The van der Waals surface area contributed by atoms with Gasteiger partial charge in [-0.1, -0.05) is 23.7 Å². The van der Waals surface area contributed by atoms with Gasteiger partial charge in [0.15, 0.2) is 0 Å². The van der Waals surface area contributed by atoms with Gasteiger partial charge in [-0.05, 0) is 24.6 Å². The zero-order chi connectivity index (χ0) is 11.4. The first-order valence-corrected chi connectivity index (χ1v) is 5.96. The summed E-state index contributed by atoms with van der Waals surface area (Å²) in [5, 5.41) is 7.54. The van der Waals surface area contributed by atoms with Crippen molar-refractivity contribution in [2.45, 2.75) is 6.92 Å². The highest BCUT2D eigenvalue weighted by Crippen LogP contribution is 2.14. The zero-order valence-electron chi connectivity index (χ0n) is 8.64. The number of nitrogens with zero attached hydrogens (tertiary/aromatic N) is 2. The van der Waals surface area contributed by atoms with Crippen LogP contribution in [0.2, 0.25) is 5.02 Å². The quantitative estimate of drug-likeness (QED) is 0.669. The summed E-state index contributed by atoms with van der Waals surface area (Å²) in [4.78, 5) is 4.23. The molecule has 0 unspecified atom stereocenters. The summed E-state index contributed by atoms with van der Waals surface area (Å²) in [7, 11) is 0. The highest BCUT2D eigenvalue weighted by atomic mass is 35.5. The van der Waals surface area contributed by atoms with Gasteiger partial charge < -0.3 is 0 Å². The van der Waals surface area contributed by atoms with Gasteiger partial charge in [-0.2, -0.15) is 5.10 Å². The largest absolute Gasteiger partial charge is 0.253 e. The van der Waals surface area contributed by atoms with E-state index in [4.69, 9.17) is 11.6 Å². The molecule has 0 bridgehead atoms. The molecule has 2 rings (SSSR count). The van der Waals surface area contributed by atoms with E-state index in [0.29, 0.717) is 5.02 Å². The second-order valence-corrected chi connectivity index (χ2v) is 4.51. The molecule has 0 aliphatic heterocycles. The molecule has 0 fully saturated rings. The maximum atomic E-state index is 5.85. The van der Waals surface area contributed by atoms with Crippen molar-refractivity contribution in [2.24, 2.45) is 5.10 Å². The summed E-state index contributed by atoms with van der Waals surface area (Å²) in [6.45, 7) is 1.95. The summed E-state index contributed by atoms with van der Waals surface area (Å²) in [6, 6.07) is 7.50. The van der Waals surface area contributed by atoms with Crippen molar-refractivity contribution in [3.05, 3.63) is 45.9 Å². The van der Waals surface area contributed by atoms with Crippen LogP contribution in [0, 0.1) is 6.92 Å². The van der Waals surface area contributed by atoms with Gasteiger partial charge in [0.1, 0.15) is 0 Å². The Balaban J connectivity index is 2.00. The van der Waals surface area contributed by atoms with E-state index in [2.05, 4.69) is 15.5 Å². The van der Waals surface area contributed by atoms with E-state index in [1.807, 2.05) is 36.6 Å². The summed E-state index contributed by atoms with van der Waals surface area (Å²) >= 11 is 7.38. The number of hydrazone groups is 1. The Morgan fingerprint density at radius 2 is 2.38 bits per heavy atom. The number of aromatic nitrogens is 1. The van der Waals surface area contributed by atoms with Crippen molar-refractivity contribution in [2.75, 3.05) is 5.43 Å². The average Bonchev–Trinajstić information content (AvgIpc) is 2.64. The molecule has 0 atom stereocenters. The second kappa shape index (κ2) is 5.09. The number of hydrogen-bond acceptors (Lipinski definition) is 4. The predicted molar refractivity (Wildman–Crippen MR) is 69.5 cm³/mol. The molecule has 2 aromatic rings. The molecule has 3 nitrogen and oxygen atoms in total. The molecule has 82 valence electrons. The topological polar surface area (TPSA) is 37.3 Å². The molecule has 0 saturated carbocycles. The molecule has 1 aromatic heterocycles. The van der Waals surface area contributed by atoms with Crippen molar-refractivity contribution >= 4 is 34.3 Å². The summed E-state index contributed by atoms with van der Waals surface area (Å²) in [5.41, 5.74) is 4.81. The summed E-state index contributed by atoms with van der Waals surface area (Å²) < 4.78 is 0. The van der Waals surface area contributed by atoms with Crippen LogP contribution in [0.5, 0.6) is 0 Å². The number of halogens is 1. The lowest BCUT2D eigenvalue weighted by atomic mass is 10.2. The number of benzene rings is 1. The Labute approximate surface area is 103 Å². The van der Waals surface area contributed by atoms with E-state index in [1.54, 1.807) is 6.21 Å². The highest BCUT2D eigenvalue weighted by Gasteiger charge is 1.94. The number of thiazole rings is 1. The number of anilines is 1. The fraction of sp³-hybridized carbons (Fsp3) is 0.0909. The van der Waals surface area contributed by atoms with E-state index < -0.39 is 0 Å². The zero-order valence-corrected chi connectivity index (χ0v) is 10.2. The van der Waals surface area contributed by atoms with Gasteiger partial charge in [0.25, 0.3) is 0 Å². The van der Waals surface area contributed by atoms with Crippen molar-refractivity contribution in [3.63, 3.8) is 0 Å². The fourth-order valence-electron chi connectivity index (χ4n) is 1.15. The molecule has 0 amide bonds. The van der Waals surface area contributed by atoms with Gasteiger partial charge in [0, 0.05) is 10.4 Å². The van der Waals surface area contributed by atoms with Crippen molar-refractivity contribution in [1.29, 1.82) is 0 Å². The average molecular weight is 252 g/mol. The predicted octanol–water partition coefficient (Wildman–Crippen LogP) is 3.55. The molecule has 0 radical (unpaired) electrons. The van der Waals surface area contributed by atoms with Crippen LogP contribution >= 0.6 is 22.9 Å². The van der Waals surface area contributed by atoms with Crippen LogP contribution in [-0.4, -0.2) is 11.2 Å². The van der Waals surface area contributed by atoms with Gasteiger partial charge in [-0.3, -0.25) is 5.43 Å². The second-order valence-electron chi connectivity index (χ2n) is 3.22. The van der Waals surface area contributed by atoms with Gasteiger partial charge in [0.2, 0.25) is 5.13 Å². The van der Waals surface area contributed by atoms with Crippen molar-refractivity contribution < 1.29 is 0 Å². The number of nitrogens with one attached hydrogen (secondary N) is 1. The molecular weight excluding hydrogens is 242 g/mol. The molecule has 0 spiro atoms. The molecule has 0 aliphatic rings. The minimum atomic E-state index is 0.703. The third kappa shape index (κ3) is 3.05. The van der Waals surface area contributed by atoms with E-state index in [9.17, 15) is 0 Å². The van der Waals surface area contributed by atoms with Gasteiger partial charge >= 0.3 is 0 Å². The Kier molecular flexibility index (Phi) is 3.54. The molecular formula is C11H10ClN3S. The lowest BCUT2D eigenvalue weighted by Gasteiger charge is -1.94. The summed E-state index contributed by atoms with van der Waals surface area (Å²) in [6.07, 6.45) is 1.71. The lowest BCUT2D eigenvalue weighted by molar-refractivity contribution is 1.22. The smallest absolute Gasteiger partial charge is 0.203 e. The molecule has 1 heterocycles. The van der Waals surface area contributed by atoms with E-state index in [0.717, 1.165) is 16.4 Å². The molecule has 16 heavy (non-hydrogen) atoms. The van der Waals surface area contributed by atoms with E-state index in [1.165, 1.54) is 11.3 Å². The molecule has 1 aromatic carbocycles. The van der Waals surface area contributed by atoms with E-state index in [-0.39, 0.29) is 0 Å². The first-order chi connectivity index (χ1) is 7.74. The standard InChI is InChI=1S/C11H10ClN3S/c1-8-7-16-11(14-8)15-13-6-9-3-2-4-10(12)5-9/h2-7H,1H3,(H,14,15)/b13-6-. The van der Waals surface area contributed by atoms with Crippen LogP contribution in [-0.2, 0) is 0 Å². The van der Waals surface area contributed by atoms with Crippen LogP contribution in [0.25, 0.3) is 0 Å². The maximum absolute atomic E-state index is 5.85. The minimum Gasteiger partial charge on any atom is -0.253 e. The third-order valence-electron chi connectivity index (χ3n) is 1.84. The van der Waals surface area contributed by atoms with Crippen LogP contribution < -0.4 is 5.43 Å². The van der Waals surface area contributed by atoms with Gasteiger partial charge in [-0.15, -0.1) is 11.3 Å². The summed E-state index contributed by atoms with van der Waals surface area (Å²) in [5.74, 6) is 0. The Hall–Kier alpha value is -1.39. The monoisotopic (exact) mass is 251 g/mol. The minimum absolute atomic E-state index is 0.703. The number of aryl methyl sites for hydroxylation is 1. The van der Waals surface area contributed by atoms with Crippen LogP contribution in [0.3, 0.4) is 0 Å². The van der Waals surface area contributed by atoms with Gasteiger partial charge in [0.05, 0.1) is 11.9 Å². The molecule has 0 saturated heterocycles. The fourth-order valence-corrected chi connectivity index (χ4v) is 1.99. The van der Waals surface area contributed by atoms with Crippen LogP contribution in [0.4, 0.5) is 5.13 Å². The molecule has 1 N–H and O–H groups in total. The Bertz CT molecular complexity index is 507. The molecule has 0 aliphatic carbocycles. The highest BCUT2D eigenvalue weighted by molar-refractivity contribution is 7.13. The van der Waals surface area contributed by atoms with Crippen molar-refractivity contribution in [1.82, 2.24) is 4.98 Å². The lowest BCUT2D eigenvalue weighted by Crippen LogP contribution is -1.89. The van der Waals surface area contributed by atoms with Crippen LogP contribution in [0.1, 0.15) is 11.3 Å². The Morgan fingerprint density at radius 3 is 3.06 bits per heavy atom. The number of hydrogen-bond donors (Lipinski definition) is 1. The van der Waals surface area contributed by atoms with Crippen molar-refractivity contribution in [3.8, 4) is 0 Å². The number of rotatable bonds is 3. The third-order valence-corrected chi connectivity index (χ3v) is 2.94. The Morgan fingerprint density at radius 1 is 1.50 bits per heavy atom. The van der Waals surface area contributed by atoms with E-state index >= 15 is 0 Å².